The van der Waals surface area contributed by atoms with E-state index in [0.29, 0.717) is 11.3 Å². The van der Waals surface area contributed by atoms with E-state index in [2.05, 4.69) is 48.5 Å². The third-order valence-corrected chi connectivity index (χ3v) is 3.05. The van der Waals surface area contributed by atoms with Gasteiger partial charge < -0.3 is 4.74 Å². The predicted octanol–water partition coefficient (Wildman–Crippen LogP) is 3.87. The SMILES string of the molecule is CCC(C)(C)OCC(C)C(C)(C)C. The first-order valence-electron chi connectivity index (χ1n) is 5.33. The number of ether oxygens (including phenoxy) is 1. The molecule has 80 valence electrons. The molecule has 0 bridgehead atoms. The van der Waals surface area contributed by atoms with Crippen LogP contribution in [0.15, 0.2) is 0 Å². The second-order valence-corrected chi connectivity index (χ2v) is 5.69. The molecule has 0 aliphatic heterocycles. The molecular weight excluding hydrogens is 160 g/mol. The summed E-state index contributed by atoms with van der Waals surface area (Å²) in [6.07, 6.45) is 1.07. The van der Waals surface area contributed by atoms with Gasteiger partial charge in [-0.2, -0.15) is 0 Å². The quantitative estimate of drug-likeness (QED) is 0.647. The predicted molar refractivity (Wildman–Crippen MR) is 58.9 cm³/mol. The summed E-state index contributed by atoms with van der Waals surface area (Å²) >= 11 is 0. The molecule has 1 atom stereocenters. The molecule has 0 saturated heterocycles. The molecule has 0 aromatic rings. The molecule has 0 amide bonds. The largest absolute Gasteiger partial charge is 0.375 e. The molecule has 1 nitrogen and oxygen atoms in total. The van der Waals surface area contributed by atoms with Gasteiger partial charge in [-0.1, -0.05) is 34.6 Å². The Morgan fingerprint density at radius 1 is 1.08 bits per heavy atom. The van der Waals surface area contributed by atoms with E-state index in [9.17, 15) is 0 Å². The average molecular weight is 186 g/mol. The van der Waals surface area contributed by atoms with Gasteiger partial charge in [-0.15, -0.1) is 0 Å². The fraction of sp³-hybridized carbons (Fsp3) is 1.00. The summed E-state index contributed by atoms with van der Waals surface area (Å²) in [7, 11) is 0. The fourth-order valence-electron chi connectivity index (χ4n) is 0.703. The summed E-state index contributed by atoms with van der Waals surface area (Å²) in [5.41, 5.74) is 0.392. The van der Waals surface area contributed by atoms with Crippen molar-refractivity contribution in [3.8, 4) is 0 Å². The monoisotopic (exact) mass is 186 g/mol. The van der Waals surface area contributed by atoms with E-state index >= 15 is 0 Å². The van der Waals surface area contributed by atoms with Crippen molar-refractivity contribution in [3.63, 3.8) is 0 Å². The zero-order valence-electron chi connectivity index (χ0n) is 10.4. The van der Waals surface area contributed by atoms with Gasteiger partial charge >= 0.3 is 0 Å². The number of hydrogen-bond acceptors (Lipinski definition) is 1. The summed E-state index contributed by atoms with van der Waals surface area (Å²) < 4.78 is 5.87. The second-order valence-electron chi connectivity index (χ2n) is 5.69. The lowest BCUT2D eigenvalue weighted by Crippen LogP contribution is -2.30. The van der Waals surface area contributed by atoms with Crippen LogP contribution in [0.5, 0.6) is 0 Å². The molecule has 0 aromatic carbocycles. The van der Waals surface area contributed by atoms with Crippen molar-refractivity contribution in [1.29, 1.82) is 0 Å². The third kappa shape index (κ3) is 5.30. The van der Waals surface area contributed by atoms with Crippen LogP contribution in [0, 0.1) is 11.3 Å². The molecule has 1 heteroatoms. The van der Waals surface area contributed by atoms with Crippen LogP contribution in [0.25, 0.3) is 0 Å². The molecular formula is C12H26O. The van der Waals surface area contributed by atoms with Crippen LogP contribution in [0.3, 0.4) is 0 Å². The lowest BCUT2D eigenvalue weighted by atomic mass is 9.82. The second kappa shape index (κ2) is 4.45. The Morgan fingerprint density at radius 2 is 1.54 bits per heavy atom. The molecule has 0 N–H and O–H groups in total. The Labute approximate surface area is 83.9 Å². The Bertz CT molecular complexity index is 142. The molecule has 0 aliphatic rings. The third-order valence-electron chi connectivity index (χ3n) is 3.05. The topological polar surface area (TPSA) is 9.23 Å². The molecule has 0 spiro atoms. The van der Waals surface area contributed by atoms with Crippen LogP contribution in [0.4, 0.5) is 0 Å². The van der Waals surface area contributed by atoms with Crippen LogP contribution in [0.1, 0.15) is 54.9 Å². The zero-order chi connectivity index (χ0) is 10.7. The van der Waals surface area contributed by atoms with Crippen molar-refractivity contribution in [3.05, 3.63) is 0 Å². The average Bonchev–Trinajstić information content (AvgIpc) is 1.98. The number of hydrogen-bond donors (Lipinski definition) is 0. The van der Waals surface area contributed by atoms with Crippen molar-refractivity contribution in [2.24, 2.45) is 11.3 Å². The molecule has 0 heterocycles. The minimum absolute atomic E-state index is 0.0412. The van der Waals surface area contributed by atoms with Crippen LogP contribution in [-0.4, -0.2) is 12.2 Å². The van der Waals surface area contributed by atoms with Crippen molar-refractivity contribution in [2.45, 2.75) is 60.5 Å². The molecule has 0 radical (unpaired) electrons. The van der Waals surface area contributed by atoms with Crippen molar-refractivity contribution < 1.29 is 4.74 Å². The van der Waals surface area contributed by atoms with Gasteiger partial charge in [-0.3, -0.25) is 0 Å². The maximum Gasteiger partial charge on any atom is 0.0624 e. The first-order valence-corrected chi connectivity index (χ1v) is 5.33. The minimum atomic E-state index is 0.0412. The molecule has 0 aliphatic carbocycles. The van der Waals surface area contributed by atoms with E-state index in [0.717, 1.165) is 13.0 Å². The van der Waals surface area contributed by atoms with E-state index < -0.39 is 0 Å². The zero-order valence-corrected chi connectivity index (χ0v) is 10.4. The van der Waals surface area contributed by atoms with Crippen LogP contribution in [0.2, 0.25) is 0 Å². The first-order chi connectivity index (χ1) is 5.69. The summed E-state index contributed by atoms with van der Waals surface area (Å²) in [6.45, 7) is 16.4. The van der Waals surface area contributed by atoms with Gasteiger partial charge in [0.15, 0.2) is 0 Å². The molecule has 0 saturated carbocycles. The Hall–Kier alpha value is -0.0400. The van der Waals surface area contributed by atoms with Gasteiger partial charge in [-0.05, 0) is 31.6 Å². The Kier molecular flexibility index (Phi) is 4.44. The maximum atomic E-state index is 5.87. The van der Waals surface area contributed by atoms with Gasteiger partial charge in [0.2, 0.25) is 0 Å². The van der Waals surface area contributed by atoms with Gasteiger partial charge in [0.1, 0.15) is 0 Å². The summed E-state index contributed by atoms with van der Waals surface area (Å²) in [6, 6.07) is 0. The summed E-state index contributed by atoms with van der Waals surface area (Å²) in [4.78, 5) is 0. The maximum absolute atomic E-state index is 5.87. The van der Waals surface area contributed by atoms with Gasteiger partial charge in [0.05, 0.1) is 12.2 Å². The highest BCUT2D eigenvalue weighted by Crippen LogP contribution is 2.27. The molecule has 0 fully saturated rings. The standard InChI is InChI=1S/C12H26O/c1-8-12(6,7)13-9-10(2)11(3,4)5/h10H,8-9H2,1-7H3. The van der Waals surface area contributed by atoms with Crippen molar-refractivity contribution in [2.75, 3.05) is 6.61 Å². The van der Waals surface area contributed by atoms with Gasteiger partial charge in [0, 0.05) is 0 Å². The molecule has 13 heavy (non-hydrogen) atoms. The summed E-state index contributed by atoms with van der Waals surface area (Å²) in [5.74, 6) is 0.610. The van der Waals surface area contributed by atoms with E-state index in [-0.39, 0.29) is 5.60 Å². The highest BCUT2D eigenvalue weighted by molar-refractivity contribution is 4.72. The summed E-state index contributed by atoms with van der Waals surface area (Å²) in [5, 5.41) is 0. The first kappa shape index (κ1) is 13.0. The van der Waals surface area contributed by atoms with E-state index in [1.807, 2.05) is 0 Å². The van der Waals surface area contributed by atoms with Crippen LogP contribution in [-0.2, 0) is 4.74 Å². The van der Waals surface area contributed by atoms with E-state index in [4.69, 9.17) is 4.74 Å². The van der Waals surface area contributed by atoms with E-state index in [1.54, 1.807) is 0 Å². The van der Waals surface area contributed by atoms with Gasteiger partial charge in [0.25, 0.3) is 0 Å². The Balaban J connectivity index is 3.90. The smallest absolute Gasteiger partial charge is 0.0624 e. The minimum Gasteiger partial charge on any atom is -0.375 e. The molecule has 0 rings (SSSR count). The van der Waals surface area contributed by atoms with Crippen molar-refractivity contribution >= 4 is 0 Å². The molecule has 0 aromatic heterocycles. The lowest BCUT2D eigenvalue weighted by Gasteiger charge is -2.31. The normalized spacial score (nSPS) is 15.9. The fourth-order valence-corrected chi connectivity index (χ4v) is 0.703. The van der Waals surface area contributed by atoms with Crippen LogP contribution >= 0.6 is 0 Å². The van der Waals surface area contributed by atoms with Crippen LogP contribution < -0.4 is 0 Å². The molecule has 1 unspecified atom stereocenters. The van der Waals surface area contributed by atoms with Crippen molar-refractivity contribution in [1.82, 2.24) is 0 Å². The highest BCUT2D eigenvalue weighted by Gasteiger charge is 2.23. The Morgan fingerprint density at radius 3 is 1.85 bits per heavy atom. The highest BCUT2D eigenvalue weighted by atomic mass is 16.5. The lowest BCUT2D eigenvalue weighted by molar-refractivity contribution is -0.0508. The number of rotatable bonds is 4. The van der Waals surface area contributed by atoms with E-state index in [1.165, 1.54) is 0 Å². The van der Waals surface area contributed by atoms with Gasteiger partial charge in [-0.25, -0.2) is 0 Å².